The van der Waals surface area contributed by atoms with Crippen LogP contribution < -0.4 is 10.6 Å². The van der Waals surface area contributed by atoms with E-state index >= 15 is 0 Å². The Labute approximate surface area is 122 Å². The van der Waals surface area contributed by atoms with Crippen molar-refractivity contribution in [3.05, 3.63) is 0 Å². The first-order valence-electron chi connectivity index (χ1n) is 7.61. The van der Waals surface area contributed by atoms with Crippen molar-refractivity contribution in [2.24, 2.45) is 11.8 Å². The van der Waals surface area contributed by atoms with Gasteiger partial charge in [0.25, 0.3) is 0 Å². The molecule has 0 heterocycles. The van der Waals surface area contributed by atoms with Crippen molar-refractivity contribution < 1.29 is 14.7 Å². The minimum atomic E-state index is -0.900. The Morgan fingerprint density at radius 3 is 2.15 bits per heavy atom. The lowest BCUT2D eigenvalue weighted by molar-refractivity contribution is -0.141. The SMILES string of the molecule is CC(C)CCCCCCNC(=O)NC(C)C(C)C(=O)O. The summed E-state index contributed by atoms with van der Waals surface area (Å²) in [6, 6.07) is -0.661. The van der Waals surface area contributed by atoms with Gasteiger partial charge in [-0.15, -0.1) is 0 Å². The molecular weight excluding hydrogens is 256 g/mol. The molecule has 0 aliphatic rings. The van der Waals surface area contributed by atoms with Crippen molar-refractivity contribution in [3.8, 4) is 0 Å². The van der Waals surface area contributed by atoms with Crippen LogP contribution in [0.15, 0.2) is 0 Å². The van der Waals surface area contributed by atoms with E-state index in [1.54, 1.807) is 13.8 Å². The molecule has 0 bridgehead atoms. The van der Waals surface area contributed by atoms with Crippen molar-refractivity contribution >= 4 is 12.0 Å². The van der Waals surface area contributed by atoms with Crippen LogP contribution >= 0.6 is 0 Å². The fraction of sp³-hybridized carbons (Fsp3) is 0.867. The van der Waals surface area contributed by atoms with Crippen LogP contribution in [0.1, 0.15) is 59.8 Å². The predicted molar refractivity (Wildman–Crippen MR) is 80.7 cm³/mol. The van der Waals surface area contributed by atoms with Crippen LogP contribution in [0.4, 0.5) is 4.79 Å². The number of aliphatic carboxylic acids is 1. The second-order valence-electron chi connectivity index (χ2n) is 5.91. The Bertz CT molecular complexity index is 293. The first kappa shape index (κ1) is 18.7. The molecule has 3 N–H and O–H groups in total. The molecule has 5 nitrogen and oxygen atoms in total. The first-order chi connectivity index (χ1) is 9.34. The molecule has 0 rings (SSSR count). The number of amides is 2. The lowest BCUT2D eigenvalue weighted by Crippen LogP contribution is -2.45. The highest BCUT2D eigenvalue weighted by Gasteiger charge is 2.20. The van der Waals surface area contributed by atoms with Crippen LogP contribution in [-0.4, -0.2) is 29.7 Å². The molecule has 0 aromatic rings. The van der Waals surface area contributed by atoms with Gasteiger partial charge in [0, 0.05) is 12.6 Å². The van der Waals surface area contributed by atoms with E-state index in [0.717, 1.165) is 18.8 Å². The number of rotatable bonds is 10. The van der Waals surface area contributed by atoms with Gasteiger partial charge < -0.3 is 15.7 Å². The van der Waals surface area contributed by atoms with Gasteiger partial charge in [0.05, 0.1) is 5.92 Å². The van der Waals surface area contributed by atoms with Gasteiger partial charge in [0.1, 0.15) is 0 Å². The van der Waals surface area contributed by atoms with Crippen LogP contribution in [0.2, 0.25) is 0 Å². The average Bonchev–Trinajstić information content (AvgIpc) is 2.35. The lowest BCUT2D eigenvalue weighted by Gasteiger charge is -2.18. The summed E-state index contributed by atoms with van der Waals surface area (Å²) in [6.45, 7) is 8.38. The highest BCUT2D eigenvalue weighted by Crippen LogP contribution is 2.09. The fourth-order valence-corrected chi connectivity index (χ4v) is 1.83. The maximum atomic E-state index is 11.5. The van der Waals surface area contributed by atoms with Gasteiger partial charge in [-0.1, -0.05) is 39.5 Å². The van der Waals surface area contributed by atoms with E-state index in [1.807, 2.05) is 0 Å². The fourth-order valence-electron chi connectivity index (χ4n) is 1.83. The maximum Gasteiger partial charge on any atom is 0.315 e. The standard InChI is InChI=1S/C15H30N2O3/c1-11(2)9-7-5-6-8-10-16-15(20)17-13(4)12(3)14(18)19/h11-13H,5-10H2,1-4H3,(H,18,19)(H2,16,17,20). The summed E-state index contributed by atoms with van der Waals surface area (Å²) >= 11 is 0. The molecule has 2 amide bonds. The zero-order chi connectivity index (χ0) is 15.5. The molecule has 20 heavy (non-hydrogen) atoms. The molecule has 2 unspecified atom stereocenters. The van der Waals surface area contributed by atoms with Gasteiger partial charge >= 0.3 is 12.0 Å². The van der Waals surface area contributed by atoms with Crippen molar-refractivity contribution in [3.63, 3.8) is 0 Å². The van der Waals surface area contributed by atoms with Crippen LogP contribution in [0.3, 0.4) is 0 Å². The van der Waals surface area contributed by atoms with E-state index in [2.05, 4.69) is 24.5 Å². The van der Waals surface area contributed by atoms with Crippen LogP contribution in [-0.2, 0) is 4.79 Å². The molecule has 0 saturated heterocycles. The van der Waals surface area contributed by atoms with Gasteiger partial charge in [-0.05, 0) is 26.2 Å². The van der Waals surface area contributed by atoms with Gasteiger partial charge in [0.15, 0.2) is 0 Å². The third kappa shape index (κ3) is 9.64. The smallest absolute Gasteiger partial charge is 0.315 e. The van der Waals surface area contributed by atoms with E-state index in [4.69, 9.17) is 5.11 Å². The number of nitrogens with one attached hydrogen (secondary N) is 2. The lowest BCUT2D eigenvalue weighted by atomic mass is 10.0. The van der Waals surface area contributed by atoms with Crippen LogP contribution in [0.5, 0.6) is 0 Å². The zero-order valence-electron chi connectivity index (χ0n) is 13.2. The summed E-state index contributed by atoms with van der Waals surface area (Å²) in [5, 5.41) is 14.2. The van der Waals surface area contributed by atoms with Crippen molar-refractivity contribution in [2.45, 2.75) is 65.8 Å². The highest BCUT2D eigenvalue weighted by atomic mass is 16.4. The zero-order valence-corrected chi connectivity index (χ0v) is 13.2. The Morgan fingerprint density at radius 1 is 1.00 bits per heavy atom. The second kappa shape index (κ2) is 10.5. The number of hydrogen-bond acceptors (Lipinski definition) is 2. The highest BCUT2D eigenvalue weighted by molar-refractivity contribution is 5.76. The van der Waals surface area contributed by atoms with E-state index in [-0.39, 0.29) is 12.1 Å². The summed E-state index contributed by atoms with van der Waals surface area (Å²) < 4.78 is 0. The molecule has 118 valence electrons. The molecule has 5 heteroatoms. The minimum absolute atomic E-state index is 0.284. The van der Waals surface area contributed by atoms with Gasteiger partial charge in [-0.3, -0.25) is 4.79 Å². The maximum absolute atomic E-state index is 11.5. The average molecular weight is 286 g/mol. The molecule has 0 aliphatic carbocycles. The third-order valence-electron chi connectivity index (χ3n) is 3.49. The van der Waals surface area contributed by atoms with E-state index in [1.165, 1.54) is 19.3 Å². The Hall–Kier alpha value is -1.26. The number of unbranched alkanes of at least 4 members (excludes halogenated alkanes) is 3. The Kier molecular flexibility index (Phi) is 9.86. The minimum Gasteiger partial charge on any atom is -0.481 e. The third-order valence-corrected chi connectivity index (χ3v) is 3.49. The number of carboxylic acids is 1. The predicted octanol–water partition coefficient (Wildman–Crippen LogP) is 3.00. The molecule has 0 aliphatic heterocycles. The second-order valence-corrected chi connectivity index (χ2v) is 5.91. The largest absolute Gasteiger partial charge is 0.481 e. The molecule has 0 saturated carbocycles. The molecule has 0 radical (unpaired) electrons. The molecule has 0 aromatic heterocycles. The summed E-state index contributed by atoms with van der Waals surface area (Å²) in [5.41, 5.74) is 0. The molecule has 0 fully saturated rings. The van der Waals surface area contributed by atoms with Crippen molar-refractivity contribution in [1.82, 2.24) is 10.6 Å². The molecule has 2 atom stereocenters. The monoisotopic (exact) mass is 286 g/mol. The summed E-state index contributed by atoms with van der Waals surface area (Å²) in [5.74, 6) is -0.726. The Balaban J connectivity index is 3.57. The number of hydrogen-bond donors (Lipinski definition) is 3. The van der Waals surface area contributed by atoms with Gasteiger partial charge in [0.2, 0.25) is 0 Å². The molecule has 0 spiro atoms. The quantitative estimate of drug-likeness (QED) is 0.540. The van der Waals surface area contributed by atoms with E-state index < -0.39 is 11.9 Å². The topological polar surface area (TPSA) is 78.4 Å². The number of urea groups is 1. The molecular formula is C15H30N2O3. The van der Waals surface area contributed by atoms with Crippen molar-refractivity contribution in [1.29, 1.82) is 0 Å². The number of carbonyl (C=O) groups excluding carboxylic acids is 1. The normalized spacial score (nSPS) is 13.8. The Morgan fingerprint density at radius 2 is 1.60 bits per heavy atom. The number of carbonyl (C=O) groups is 2. The van der Waals surface area contributed by atoms with Crippen LogP contribution in [0.25, 0.3) is 0 Å². The summed E-state index contributed by atoms with van der Waals surface area (Å²) in [7, 11) is 0. The van der Waals surface area contributed by atoms with E-state index in [9.17, 15) is 9.59 Å². The van der Waals surface area contributed by atoms with Gasteiger partial charge in [-0.25, -0.2) is 4.79 Å². The summed E-state index contributed by atoms with van der Waals surface area (Å²) in [6.07, 6.45) is 5.80. The van der Waals surface area contributed by atoms with E-state index in [0.29, 0.717) is 6.54 Å². The van der Waals surface area contributed by atoms with Crippen LogP contribution in [0, 0.1) is 11.8 Å². The number of carboxylic acid groups (broad SMARTS) is 1. The molecule has 0 aromatic carbocycles. The van der Waals surface area contributed by atoms with Crippen molar-refractivity contribution in [2.75, 3.05) is 6.54 Å². The first-order valence-corrected chi connectivity index (χ1v) is 7.61. The summed E-state index contributed by atoms with van der Waals surface area (Å²) in [4.78, 5) is 22.3. The van der Waals surface area contributed by atoms with Gasteiger partial charge in [-0.2, -0.15) is 0 Å².